The third-order valence-corrected chi connectivity index (χ3v) is 3.55. The van der Waals surface area contributed by atoms with Gasteiger partial charge < -0.3 is 19.9 Å². The predicted octanol–water partition coefficient (Wildman–Crippen LogP) is 3.05. The van der Waals surface area contributed by atoms with Crippen molar-refractivity contribution in [1.29, 1.82) is 0 Å². The molecule has 0 atom stereocenters. The Morgan fingerprint density at radius 3 is 2.68 bits per heavy atom. The molecule has 0 spiro atoms. The predicted molar refractivity (Wildman–Crippen MR) is 95.5 cm³/mol. The molecule has 0 radical (unpaired) electrons. The highest BCUT2D eigenvalue weighted by Gasteiger charge is 2.07. The zero-order valence-corrected chi connectivity index (χ0v) is 14.4. The van der Waals surface area contributed by atoms with Gasteiger partial charge in [0.2, 0.25) is 0 Å². The smallest absolute Gasteiger partial charge is 0.338 e. The average molecular weight is 344 g/mol. The van der Waals surface area contributed by atoms with E-state index in [0.29, 0.717) is 24.4 Å². The van der Waals surface area contributed by atoms with Crippen LogP contribution in [0.3, 0.4) is 0 Å². The molecule has 0 aliphatic rings. The first kappa shape index (κ1) is 18.5. The molecule has 0 bridgehead atoms. The van der Waals surface area contributed by atoms with E-state index in [-0.39, 0.29) is 12.0 Å². The summed E-state index contributed by atoms with van der Waals surface area (Å²) < 4.78 is 7.10. The number of esters is 1. The summed E-state index contributed by atoms with van der Waals surface area (Å²) in [4.78, 5) is 27.6. The number of anilines is 1. The number of hydrogen-bond acceptors (Lipinski definition) is 4. The number of amides is 2. The summed E-state index contributed by atoms with van der Waals surface area (Å²) in [5.41, 5.74) is 1.10. The Hall–Kier alpha value is -2.83. The Morgan fingerprint density at radius 1 is 1.20 bits per heavy atom. The van der Waals surface area contributed by atoms with Gasteiger partial charge in [0.25, 0.3) is 0 Å². The Labute approximate surface area is 147 Å². The van der Waals surface area contributed by atoms with Gasteiger partial charge in [0, 0.05) is 31.2 Å². The summed E-state index contributed by atoms with van der Waals surface area (Å²) >= 11 is 0. The number of rotatable bonds is 9. The third-order valence-electron chi connectivity index (χ3n) is 3.55. The molecule has 0 aliphatic heterocycles. The highest BCUT2D eigenvalue weighted by molar-refractivity contribution is 5.92. The molecule has 0 saturated carbocycles. The molecular weight excluding hydrogens is 320 g/mol. The number of nitrogens with zero attached hydrogens (tertiary/aromatic N) is 2. The van der Waals surface area contributed by atoms with Gasteiger partial charge in [0.05, 0.1) is 18.5 Å². The molecule has 2 amide bonds. The van der Waals surface area contributed by atoms with Crippen molar-refractivity contribution in [3.05, 3.63) is 48.5 Å². The van der Waals surface area contributed by atoms with Gasteiger partial charge in [-0.1, -0.05) is 13.3 Å². The van der Waals surface area contributed by atoms with Crippen LogP contribution < -0.4 is 10.6 Å². The lowest BCUT2D eigenvalue weighted by atomic mass is 10.2. The van der Waals surface area contributed by atoms with Crippen molar-refractivity contribution < 1.29 is 14.3 Å². The molecule has 0 saturated heterocycles. The number of aryl methyl sites for hydroxylation is 1. The molecule has 1 aromatic carbocycles. The molecule has 0 fully saturated rings. The molecule has 7 nitrogen and oxygen atoms in total. The van der Waals surface area contributed by atoms with E-state index in [9.17, 15) is 9.59 Å². The maximum Gasteiger partial charge on any atom is 0.338 e. The first-order chi connectivity index (χ1) is 12.2. The minimum atomic E-state index is -0.344. The second-order valence-electron chi connectivity index (χ2n) is 5.60. The van der Waals surface area contributed by atoms with Crippen molar-refractivity contribution in [2.24, 2.45) is 0 Å². The van der Waals surface area contributed by atoms with E-state index in [1.165, 1.54) is 0 Å². The number of ether oxygens (including phenoxy) is 1. The molecule has 1 aromatic heterocycles. The van der Waals surface area contributed by atoms with Gasteiger partial charge in [-0.2, -0.15) is 0 Å². The van der Waals surface area contributed by atoms with Gasteiger partial charge in [-0.15, -0.1) is 0 Å². The largest absolute Gasteiger partial charge is 0.462 e. The number of aromatic nitrogens is 2. The molecule has 7 heteroatoms. The number of unbranched alkanes of at least 4 members (excludes halogenated alkanes) is 1. The van der Waals surface area contributed by atoms with Crippen molar-refractivity contribution in [2.75, 3.05) is 18.5 Å². The van der Waals surface area contributed by atoms with Crippen LogP contribution in [0.5, 0.6) is 0 Å². The molecule has 2 rings (SSSR count). The Bertz CT molecular complexity index is 653. The number of hydrogen-bond donors (Lipinski definition) is 2. The second-order valence-corrected chi connectivity index (χ2v) is 5.60. The number of imidazole rings is 1. The molecule has 0 unspecified atom stereocenters. The lowest BCUT2D eigenvalue weighted by Crippen LogP contribution is -2.30. The summed E-state index contributed by atoms with van der Waals surface area (Å²) in [6.07, 6.45) is 8.00. The van der Waals surface area contributed by atoms with Crippen LogP contribution in [0.1, 0.15) is 36.5 Å². The fourth-order valence-corrected chi connectivity index (χ4v) is 2.14. The van der Waals surface area contributed by atoms with Crippen molar-refractivity contribution in [3.63, 3.8) is 0 Å². The first-order valence-corrected chi connectivity index (χ1v) is 8.47. The minimum Gasteiger partial charge on any atom is -0.462 e. The first-order valence-electron chi connectivity index (χ1n) is 8.47. The third kappa shape index (κ3) is 6.66. The van der Waals surface area contributed by atoms with Crippen LogP contribution in [0.4, 0.5) is 10.5 Å². The van der Waals surface area contributed by atoms with Gasteiger partial charge in [0.15, 0.2) is 0 Å². The van der Waals surface area contributed by atoms with E-state index < -0.39 is 0 Å². The van der Waals surface area contributed by atoms with E-state index >= 15 is 0 Å². The van der Waals surface area contributed by atoms with Crippen LogP contribution in [0, 0.1) is 0 Å². The number of urea groups is 1. The number of benzene rings is 1. The highest BCUT2D eigenvalue weighted by atomic mass is 16.5. The second kappa shape index (κ2) is 10.1. The van der Waals surface area contributed by atoms with Crippen LogP contribution in [0.15, 0.2) is 43.0 Å². The quantitative estimate of drug-likeness (QED) is 0.541. The van der Waals surface area contributed by atoms with E-state index in [1.54, 1.807) is 36.8 Å². The maximum atomic E-state index is 11.8. The number of nitrogens with one attached hydrogen (secondary N) is 2. The van der Waals surface area contributed by atoms with Gasteiger partial charge >= 0.3 is 12.0 Å². The zero-order valence-electron chi connectivity index (χ0n) is 14.4. The van der Waals surface area contributed by atoms with Crippen molar-refractivity contribution in [3.8, 4) is 0 Å². The monoisotopic (exact) mass is 344 g/mol. The summed E-state index contributed by atoms with van der Waals surface area (Å²) in [6.45, 7) is 3.83. The zero-order chi connectivity index (χ0) is 17.9. The van der Waals surface area contributed by atoms with Gasteiger partial charge in [-0.25, -0.2) is 14.6 Å². The Kier molecular flexibility index (Phi) is 7.49. The fourth-order valence-electron chi connectivity index (χ4n) is 2.14. The van der Waals surface area contributed by atoms with Crippen LogP contribution in [0.25, 0.3) is 0 Å². The van der Waals surface area contributed by atoms with Crippen molar-refractivity contribution in [2.45, 2.75) is 32.7 Å². The van der Waals surface area contributed by atoms with E-state index in [2.05, 4.69) is 15.6 Å². The summed E-state index contributed by atoms with van der Waals surface area (Å²) in [6, 6.07) is 6.37. The van der Waals surface area contributed by atoms with Crippen molar-refractivity contribution >= 4 is 17.7 Å². The van der Waals surface area contributed by atoms with Gasteiger partial charge in [-0.05, 0) is 37.1 Å². The SMILES string of the molecule is CCCCOC(=O)c1ccc(NC(=O)NCCCn2ccnc2)cc1. The maximum absolute atomic E-state index is 11.8. The molecule has 0 aliphatic carbocycles. The molecule has 2 aromatic rings. The minimum absolute atomic E-state index is 0.274. The standard InChI is InChI=1S/C18H24N4O3/c1-2-3-13-25-17(23)15-5-7-16(8-6-15)21-18(24)20-9-4-11-22-12-10-19-14-22/h5-8,10,12,14H,2-4,9,11,13H2,1H3,(H2,20,21,24). The molecular formula is C18H24N4O3. The molecule has 1 heterocycles. The van der Waals surface area contributed by atoms with E-state index in [1.807, 2.05) is 17.7 Å². The van der Waals surface area contributed by atoms with E-state index in [4.69, 9.17) is 4.74 Å². The van der Waals surface area contributed by atoms with Crippen LogP contribution >= 0.6 is 0 Å². The van der Waals surface area contributed by atoms with Gasteiger partial charge in [0.1, 0.15) is 0 Å². The number of carbonyl (C=O) groups excluding carboxylic acids is 2. The van der Waals surface area contributed by atoms with Gasteiger partial charge in [-0.3, -0.25) is 0 Å². The van der Waals surface area contributed by atoms with Crippen LogP contribution in [-0.2, 0) is 11.3 Å². The van der Waals surface area contributed by atoms with Crippen LogP contribution in [0.2, 0.25) is 0 Å². The Morgan fingerprint density at radius 2 is 2.00 bits per heavy atom. The fraction of sp³-hybridized carbons (Fsp3) is 0.389. The highest BCUT2D eigenvalue weighted by Crippen LogP contribution is 2.10. The lowest BCUT2D eigenvalue weighted by Gasteiger charge is -2.09. The molecule has 2 N–H and O–H groups in total. The molecule has 134 valence electrons. The summed E-state index contributed by atoms with van der Waals surface area (Å²) in [5, 5.41) is 5.52. The topological polar surface area (TPSA) is 85.2 Å². The lowest BCUT2D eigenvalue weighted by molar-refractivity contribution is 0.0500. The summed E-state index contributed by atoms with van der Waals surface area (Å²) in [7, 11) is 0. The molecule has 25 heavy (non-hydrogen) atoms. The van der Waals surface area contributed by atoms with E-state index in [0.717, 1.165) is 25.8 Å². The number of carbonyl (C=O) groups is 2. The summed E-state index contributed by atoms with van der Waals surface area (Å²) in [5.74, 6) is -0.344. The Balaban J connectivity index is 1.69. The van der Waals surface area contributed by atoms with Crippen molar-refractivity contribution in [1.82, 2.24) is 14.9 Å². The normalized spacial score (nSPS) is 10.3. The van der Waals surface area contributed by atoms with Crippen LogP contribution in [-0.4, -0.2) is 34.7 Å². The average Bonchev–Trinajstić information content (AvgIpc) is 3.13.